The molecule has 17 heavy (non-hydrogen) atoms. The van der Waals surface area contributed by atoms with Gasteiger partial charge in [-0.2, -0.15) is 0 Å². The van der Waals surface area contributed by atoms with Gasteiger partial charge in [-0.25, -0.2) is 0 Å². The molecule has 1 aromatic rings. The van der Waals surface area contributed by atoms with Crippen LogP contribution in [0, 0.1) is 0 Å². The maximum absolute atomic E-state index is 11.5. The van der Waals surface area contributed by atoms with Gasteiger partial charge in [0.1, 0.15) is 0 Å². The fourth-order valence-corrected chi connectivity index (χ4v) is 2.15. The molecule has 1 fully saturated rings. The van der Waals surface area contributed by atoms with E-state index in [0.717, 1.165) is 25.0 Å². The summed E-state index contributed by atoms with van der Waals surface area (Å²) in [7, 11) is 0. The molecule has 92 valence electrons. The lowest BCUT2D eigenvalue weighted by Gasteiger charge is -2.24. The van der Waals surface area contributed by atoms with Crippen molar-refractivity contribution < 1.29 is 9.53 Å². The van der Waals surface area contributed by atoms with E-state index in [4.69, 9.17) is 10.5 Å². The van der Waals surface area contributed by atoms with Crippen molar-refractivity contribution in [1.82, 2.24) is 5.32 Å². The molecule has 3 N–H and O–H groups in total. The smallest absolute Gasteiger partial charge is 0.234 e. The molecule has 2 rings (SSSR count). The third kappa shape index (κ3) is 3.05. The van der Waals surface area contributed by atoms with Gasteiger partial charge in [0.05, 0.1) is 18.7 Å². The second kappa shape index (κ2) is 5.80. The normalized spacial score (nSPS) is 21.1. The van der Waals surface area contributed by atoms with Crippen molar-refractivity contribution in [1.29, 1.82) is 0 Å². The average molecular weight is 234 g/mol. The van der Waals surface area contributed by atoms with Gasteiger partial charge in [0.15, 0.2) is 0 Å². The SMILES string of the molecule is NCC(=O)N[C@@H](c1ccccc1)[C@@H]1CCCO1. The van der Waals surface area contributed by atoms with Gasteiger partial charge in [0.2, 0.25) is 5.91 Å². The van der Waals surface area contributed by atoms with Crippen molar-refractivity contribution >= 4 is 5.91 Å². The summed E-state index contributed by atoms with van der Waals surface area (Å²) in [5, 5.41) is 2.94. The number of rotatable bonds is 4. The highest BCUT2D eigenvalue weighted by Crippen LogP contribution is 2.26. The van der Waals surface area contributed by atoms with Gasteiger partial charge in [-0.15, -0.1) is 0 Å². The molecule has 4 heteroatoms. The van der Waals surface area contributed by atoms with Crippen molar-refractivity contribution in [2.75, 3.05) is 13.2 Å². The first-order valence-electron chi connectivity index (χ1n) is 5.97. The maximum Gasteiger partial charge on any atom is 0.234 e. The predicted molar refractivity (Wildman–Crippen MR) is 65.4 cm³/mol. The van der Waals surface area contributed by atoms with Crippen LogP contribution in [0.5, 0.6) is 0 Å². The molecule has 0 bridgehead atoms. The van der Waals surface area contributed by atoms with E-state index >= 15 is 0 Å². The standard InChI is InChI=1S/C13H18N2O2/c14-9-12(16)15-13(11-7-4-8-17-11)10-5-2-1-3-6-10/h1-3,5-6,11,13H,4,7-9,14H2,(H,15,16)/t11-,13-/m0/s1. The van der Waals surface area contributed by atoms with Crippen LogP contribution in [0.2, 0.25) is 0 Å². The quantitative estimate of drug-likeness (QED) is 0.816. The molecule has 1 saturated heterocycles. The molecule has 1 amide bonds. The van der Waals surface area contributed by atoms with Gasteiger partial charge in [0.25, 0.3) is 0 Å². The van der Waals surface area contributed by atoms with Crippen molar-refractivity contribution in [3.8, 4) is 0 Å². The van der Waals surface area contributed by atoms with E-state index in [2.05, 4.69) is 5.32 Å². The van der Waals surface area contributed by atoms with Crippen molar-refractivity contribution in [3.05, 3.63) is 35.9 Å². The molecule has 1 aromatic carbocycles. The van der Waals surface area contributed by atoms with E-state index in [-0.39, 0.29) is 24.6 Å². The number of hydrogen-bond acceptors (Lipinski definition) is 3. The predicted octanol–water partition coefficient (Wildman–Crippen LogP) is 0.982. The summed E-state index contributed by atoms with van der Waals surface area (Å²) in [5.74, 6) is -0.144. The van der Waals surface area contributed by atoms with Crippen LogP contribution >= 0.6 is 0 Å². The Morgan fingerprint density at radius 1 is 1.47 bits per heavy atom. The monoisotopic (exact) mass is 234 g/mol. The minimum Gasteiger partial charge on any atom is -0.376 e. The van der Waals surface area contributed by atoms with Gasteiger partial charge in [0, 0.05) is 6.61 Å². The number of nitrogens with two attached hydrogens (primary N) is 1. The Bertz CT molecular complexity index is 361. The molecule has 1 aliphatic heterocycles. The largest absolute Gasteiger partial charge is 0.376 e. The van der Waals surface area contributed by atoms with Crippen molar-refractivity contribution in [3.63, 3.8) is 0 Å². The van der Waals surface area contributed by atoms with Crippen LogP contribution in [0.25, 0.3) is 0 Å². The topological polar surface area (TPSA) is 64.4 Å². The fraction of sp³-hybridized carbons (Fsp3) is 0.462. The van der Waals surface area contributed by atoms with Gasteiger partial charge < -0.3 is 15.8 Å². The number of ether oxygens (including phenoxy) is 1. The van der Waals surface area contributed by atoms with E-state index in [9.17, 15) is 4.79 Å². The zero-order chi connectivity index (χ0) is 12.1. The summed E-state index contributed by atoms with van der Waals surface area (Å²) in [6, 6.07) is 9.81. The van der Waals surface area contributed by atoms with Gasteiger partial charge in [-0.3, -0.25) is 4.79 Å². The third-order valence-electron chi connectivity index (χ3n) is 3.00. The Morgan fingerprint density at radius 3 is 2.82 bits per heavy atom. The highest BCUT2D eigenvalue weighted by Gasteiger charge is 2.28. The summed E-state index contributed by atoms with van der Waals surface area (Å²) in [4.78, 5) is 11.5. The van der Waals surface area contributed by atoms with Crippen molar-refractivity contribution in [2.45, 2.75) is 25.0 Å². The molecule has 0 unspecified atom stereocenters. The highest BCUT2D eigenvalue weighted by molar-refractivity contribution is 5.78. The molecule has 0 aliphatic carbocycles. The number of amides is 1. The van der Waals surface area contributed by atoms with E-state index in [1.807, 2.05) is 30.3 Å². The minimum atomic E-state index is -0.144. The number of benzene rings is 1. The zero-order valence-electron chi connectivity index (χ0n) is 9.76. The first-order valence-corrected chi connectivity index (χ1v) is 5.97. The Morgan fingerprint density at radius 2 is 2.24 bits per heavy atom. The van der Waals surface area contributed by atoms with Crippen LogP contribution in [0.15, 0.2) is 30.3 Å². The van der Waals surface area contributed by atoms with Crippen LogP contribution in [-0.4, -0.2) is 25.2 Å². The van der Waals surface area contributed by atoms with Gasteiger partial charge >= 0.3 is 0 Å². The molecule has 0 radical (unpaired) electrons. The lowest BCUT2D eigenvalue weighted by Crippen LogP contribution is -2.39. The number of hydrogen-bond donors (Lipinski definition) is 2. The zero-order valence-corrected chi connectivity index (χ0v) is 9.76. The molecule has 0 saturated carbocycles. The Balaban J connectivity index is 2.14. The molecule has 0 spiro atoms. The van der Waals surface area contributed by atoms with Crippen LogP contribution in [0.4, 0.5) is 0 Å². The number of nitrogens with one attached hydrogen (secondary N) is 1. The maximum atomic E-state index is 11.5. The van der Waals surface area contributed by atoms with Gasteiger partial charge in [-0.1, -0.05) is 30.3 Å². The first kappa shape index (κ1) is 12.1. The molecule has 1 heterocycles. The second-order valence-corrected chi connectivity index (χ2v) is 4.21. The van der Waals surface area contributed by atoms with E-state index in [0.29, 0.717) is 0 Å². The molecular formula is C13H18N2O2. The van der Waals surface area contributed by atoms with E-state index in [1.165, 1.54) is 0 Å². The third-order valence-corrected chi connectivity index (χ3v) is 3.00. The summed E-state index contributed by atoms with van der Waals surface area (Å²) in [5.41, 5.74) is 6.41. The van der Waals surface area contributed by atoms with E-state index < -0.39 is 0 Å². The van der Waals surface area contributed by atoms with E-state index in [1.54, 1.807) is 0 Å². The minimum absolute atomic E-state index is 0.00997. The van der Waals surface area contributed by atoms with Crippen molar-refractivity contribution in [2.24, 2.45) is 5.73 Å². The second-order valence-electron chi connectivity index (χ2n) is 4.21. The molecule has 2 atom stereocenters. The van der Waals surface area contributed by atoms with Crippen LogP contribution in [-0.2, 0) is 9.53 Å². The Labute approximate surface area is 101 Å². The Kier molecular flexibility index (Phi) is 4.12. The Hall–Kier alpha value is -1.39. The lowest BCUT2D eigenvalue weighted by molar-refractivity contribution is -0.121. The summed E-state index contributed by atoms with van der Waals surface area (Å²) < 4.78 is 5.66. The number of carbonyl (C=O) groups is 1. The summed E-state index contributed by atoms with van der Waals surface area (Å²) >= 11 is 0. The lowest BCUT2D eigenvalue weighted by atomic mass is 9.99. The van der Waals surface area contributed by atoms with Gasteiger partial charge in [-0.05, 0) is 18.4 Å². The molecule has 1 aliphatic rings. The van der Waals surface area contributed by atoms with Crippen LogP contribution in [0.1, 0.15) is 24.4 Å². The highest BCUT2D eigenvalue weighted by atomic mass is 16.5. The number of carbonyl (C=O) groups excluding carboxylic acids is 1. The summed E-state index contributed by atoms with van der Waals surface area (Å²) in [6.45, 7) is 0.780. The van der Waals surface area contributed by atoms with Crippen LogP contribution < -0.4 is 11.1 Å². The summed E-state index contributed by atoms with van der Waals surface area (Å²) in [6.07, 6.45) is 2.09. The molecule has 0 aromatic heterocycles. The average Bonchev–Trinajstić information content (AvgIpc) is 2.90. The molecule has 4 nitrogen and oxygen atoms in total. The van der Waals surface area contributed by atoms with Crippen LogP contribution in [0.3, 0.4) is 0 Å². The molecular weight excluding hydrogens is 216 g/mol. The first-order chi connectivity index (χ1) is 8.31. The fourth-order valence-electron chi connectivity index (χ4n) is 2.15.